The van der Waals surface area contributed by atoms with E-state index in [-0.39, 0.29) is 17.6 Å². The number of ether oxygens (including phenoxy) is 1. The fourth-order valence-corrected chi connectivity index (χ4v) is 4.16. The maximum atomic E-state index is 13.0. The maximum absolute atomic E-state index is 13.0. The molecule has 1 N–H and O–H groups in total. The highest BCUT2D eigenvalue weighted by atomic mass is 19.3. The molecule has 0 amide bonds. The van der Waals surface area contributed by atoms with Gasteiger partial charge < -0.3 is 9.84 Å². The number of rotatable bonds is 3. The van der Waals surface area contributed by atoms with Crippen molar-refractivity contribution >= 4 is 5.78 Å². The lowest BCUT2D eigenvalue weighted by molar-refractivity contribution is -0.295. The molecule has 3 unspecified atom stereocenters. The number of aliphatic hydroxyl groups is 1. The van der Waals surface area contributed by atoms with Crippen LogP contribution in [0.15, 0.2) is 0 Å². The van der Waals surface area contributed by atoms with Crippen LogP contribution < -0.4 is 0 Å². The van der Waals surface area contributed by atoms with Crippen molar-refractivity contribution in [1.29, 1.82) is 0 Å². The number of hydrogen-bond donors (Lipinski definition) is 1. The Morgan fingerprint density at radius 2 is 1.89 bits per heavy atom. The van der Waals surface area contributed by atoms with Gasteiger partial charge in [-0.05, 0) is 38.0 Å². The largest absolute Gasteiger partial charge is 0.363 e. The predicted octanol–water partition coefficient (Wildman–Crippen LogP) is 2.12. The van der Waals surface area contributed by atoms with E-state index in [0.29, 0.717) is 32.1 Å². The highest BCUT2D eigenvalue weighted by molar-refractivity contribution is 5.85. The second kappa shape index (κ2) is 3.73. The minimum Gasteiger partial charge on any atom is -0.363 e. The van der Waals surface area contributed by atoms with Gasteiger partial charge in [-0.1, -0.05) is 0 Å². The van der Waals surface area contributed by atoms with E-state index in [4.69, 9.17) is 4.74 Å². The van der Waals surface area contributed by atoms with Crippen molar-refractivity contribution in [2.45, 2.75) is 56.8 Å². The van der Waals surface area contributed by atoms with Gasteiger partial charge in [0.15, 0.2) is 0 Å². The van der Waals surface area contributed by atoms with Gasteiger partial charge in [-0.15, -0.1) is 0 Å². The number of Topliss-reactive ketones (excluding diaryl/α,β-unsaturated/α-hetero) is 1. The molecule has 4 rings (SSSR count). The van der Waals surface area contributed by atoms with Gasteiger partial charge in [0, 0.05) is 18.8 Å². The molecule has 3 nitrogen and oxygen atoms in total. The molecule has 0 spiro atoms. The molecule has 0 aliphatic heterocycles. The summed E-state index contributed by atoms with van der Waals surface area (Å²) in [4.78, 5) is 11.9. The quantitative estimate of drug-likeness (QED) is 0.791. The first-order chi connectivity index (χ1) is 8.29. The number of carbonyl (C=O) groups is 1. The molecule has 4 fully saturated rings. The summed E-state index contributed by atoms with van der Waals surface area (Å²) in [5.74, 6) is -2.64. The summed E-state index contributed by atoms with van der Waals surface area (Å²) in [7, 11) is 0. The van der Waals surface area contributed by atoms with E-state index >= 15 is 0 Å². The summed E-state index contributed by atoms with van der Waals surface area (Å²) in [6, 6.07) is 0. The topological polar surface area (TPSA) is 46.5 Å². The van der Waals surface area contributed by atoms with Gasteiger partial charge in [0.25, 0.3) is 5.92 Å². The summed E-state index contributed by atoms with van der Waals surface area (Å²) in [6.45, 7) is 0.656. The minimum absolute atomic E-state index is 0.0334. The molecular weight excluding hydrogens is 242 g/mol. The monoisotopic (exact) mass is 260 g/mol. The van der Waals surface area contributed by atoms with Crippen molar-refractivity contribution in [3.63, 3.8) is 0 Å². The van der Waals surface area contributed by atoms with Crippen LogP contribution in [0, 0.1) is 17.8 Å². The SMILES string of the molecule is CC(F)(F)C(O)OC12CC3CC(C1)C(=O)C(C3)C2. The lowest BCUT2D eigenvalue weighted by atomic mass is 9.53. The van der Waals surface area contributed by atoms with E-state index in [1.165, 1.54) is 0 Å². The average Bonchev–Trinajstić information content (AvgIpc) is 2.22. The fraction of sp³-hybridized carbons (Fsp3) is 0.923. The Morgan fingerprint density at radius 1 is 1.33 bits per heavy atom. The fourth-order valence-electron chi connectivity index (χ4n) is 4.16. The molecule has 0 aromatic carbocycles. The molecule has 0 aromatic heterocycles. The molecule has 5 heteroatoms. The summed E-state index contributed by atoms with van der Waals surface area (Å²) in [5, 5.41) is 9.45. The highest BCUT2D eigenvalue weighted by Gasteiger charge is 2.57. The first-order valence-corrected chi connectivity index (χ1v) is 6.56. The first kappa shape index (κ1) is 12.5. The summed E-state index contributed by atoms with van der Waals surface area (Å²) in [6.07, 6.45) is 1.40. The Kier molecular flexibility index (Phi) is 2.59. The molecular formula is C13H18F2O3. The Labute approximate surface area is 105 Å². The van der Waals surface area contributed by atoms with Gasteiger partial charge >= 0.3 is 0 Å². The van der Waals surface area contributed by atoms with Crippen molar-refractivity contribution in [1.82, 2.24) is 0 Å². The highest BCUT2D eigenvalue weighted by Crippen LogP contribution is 2.56. The van der Waals surface area contributed by atoms with E-state index in [0.717, 1.165) is 12.8 Å². The van der Waals surface area contributed by atoms with Crippen LogP contribution in [0.1, 0.15) is 39.0 Å². The standard InChI is InChI=1S/C13H18F2O3/c1-12(14,15)11(17)18-13-4-7-2-8(5-13)10(16)9(3-7)6-13/h7-9,11,17H,2-6H2,1H3. The molecule has 4 saturated carbocycles. The van der Waals surface area contributed by atoms with Crippen LogP contribution in [-0.4, -0.2) is 28.7 Å². The average molecular weight is 260 g/mol. The summed E-state index contributed by atoms with van der Waals surface area (Å²) >= 11 is 0. The normalized spacial score (nSPS) is 44.4. The molecule has 0 radical (unpaired) electrons. The zero-order valence-electron chi connectivity index (χ0n) is 10.4. The molecule has 18 heavy (non-hydrogen) atoms. The lowest BCUT2D eigenvalue weighted by Gasteiger charge is -2.55. The zero-order valence-corrected chi connectivity index (χ0v) is 10.4. The number of alkyl halides is 2. The van der Waals surface area contributed by atoms with Crippen LogP contribution >= 0.6 is 0 Å². The number of ketones is 1. The van der Waals surface area contributed by atoms with Gasteiger partial charge in [-0.2, -0.15) is 0 Å². The van der Waals surface area contributed by atoms with Crippen molar-refractivity contribution < 1.29 is 23.4 Å². The van der Waals surface area contributed by atoms with Gasteiger partial charge in [0.2, 0.25) is 6.29 Å². The van der Waals surface area contributed by atoms with Gasteiger partial charge in [-0.3, -0.25) is 4.79 Å². The van der Waals surface area contributed by atoms with E-state index in [1.807, 2.05) is 0 Å². The van der Waals surface area contributed by atoms with E-state index in [9.17, 15) is 18.7 Å². The smallest absolute Gasteiger partial charge is 0.295 e. The molecule has 102 valence electrons. The second-order valence-electron chi connectivity index (χ2n) is 6.36. The van der Waals surface area contributed by atoms with Crippen LogP contribution in [0.2, 0.25) is 0 Å². The maximum Gasteiger partial charge on any atom is 0.295 e. The number of carbonyl (C=O) groups excluding carboxylic acids is 1. The number of halogens is 2. The lowest BCUT2D eigenvalue weighted by Crippen LogP contribution is -2.58. The summed E-state index contributed by atoms with van der Waals surface area (Å²) in [5.41, 5.74) is -0.691. The van der Waals surface area contributed by atoms with Crippen molar-refractivity contribution in [2.24, 2.45) is 17.8 Å². The molecule has 3 atom stereocenters. The molecule has 0 saturated heterocycles. The third kappa shape index (κ3) is 1.88. The predicted molar refractivity (Wildman–Crippen MR) is 59.0 cm³/mol. The first-order valence-electron chi connectivity index (χ1n) is 6.56. The van der Waals surface area contributed by atoms with Crippen molar-refractivity contribution in [2.75, 3.05) is 0 Å². The number of aliphatic hydroxyl groups excluding tert-OH is 1. The van der Waals surface area contributed by atoms with Crippen LogP contribution in [0.25, 0.3) is 0 Å². The third-order valence-corrected chi connectivity index (χ3v) is 4.73. The van der Waals surface area contributed by atoms with E-state index < -0.39 is 17.8 Å². The molecule has 0 heterocycles. The van der Waals surface area contributed by atoms with Crippen molar-refractivity contribution in [3.05, 3.63) is 0 Å². The Bertz CT molecular complexity index is 359. The van der Waals surface area contributed by atoms with Crippen LogP contribution in [0.3, 0.4) is 0 Å². The van der Waals surface area contributed by atoms with Crippen LogP contribution in [0.4, 0.5) is 8.78 Å². The Balaban J connectivity index is 1.78. The minimum atomic E-state index is -3.26. The summed E-state index contributed by atoms with van der Waals surface area (Å²) < 4.78 is 31.4. The van der Waals surface area contributed by atoms with Gasteiger partial charge in [0.1, 0.15) is 5.78 Å². The molecule has 4 aliphatic rings. The van der Waals surface area contributed by atoms with E-state index in [1.54, 1.807) is 0 Å². The second-order valence-corrected chi connectivity index (χ2v) is 6.36. The van der Waals surface area contributed by atoms with Crippen molar-refractivity contribution in [3.8, 4) is 0 Å². The Hall–Kier alpha value is -0.550. The van der Waals surface area contributed by atoms with Crippen LogP contribution in [-0.2, 0) is 9.53 Å². The van der Waals surface area contributed by atoms with Gasteiger partial charge in [0.05, 0.1) is 5.60 Å². The Morgan fingerprint density at radius 3 is 2.39 bits per heavy atom. The molecule has 4 bridgehead atoms. The zero-order chi connectivity index (χ0) is 13.1. The van der Waals surface area contributed by atoms with Crippen LogP contribution in [0.5, 0.6) is 0 Å². The molecule has 4 aliphatic carbocycles. The molecule has 0 aromatic rings. The third-order valence-electron chi connectivity index (χ3n) is 4.73. The number of hydrogen-bond acceptors (Lipinski definition) is 3. The van der Waals surface area contributed by atoms with Gasteiger partial charge in [-0.25, -0.2) is 8.78 Å². The van der Waals surface area contributed by atoms with E-state index in [2.05, 4.69) is 0 Å².